The molecule has 3 aromatic rings. The third-order valence-corrected chi connectivity index (χ3v) is 5.65. The highest BCUT2D eigenvalue weighted by Gasteiger charge is 2.32. The molecule has 1 N–H and O–H groups in total. The number of H-pyrrole nitrogens is 1. The molecule has 1 aliphatic rings. The van der Waals surface area contributed by atoms with Gasteiger partial charge in [0.1, 0.15) is 11.6 Å². The summed E-state index contributed by atoms with van der Waals surface area (Å²) in [5.74, 6) is 1.48. The number of nitrogens with one attached hydrogen (secondary N) is 1. The maximum atomic E-state index is 12.7. The predicted molar refractivity (Wildman–Crippen MR) is 107 cm³/mol. The molecule has 1 aliphatic heterocycles. The largest absolute Gasteiger partial charge is 0.483 e. The second-order valence-corrected chi connectivity index (χ2v) is 8.02. The fraction of sp³-hybridized carbons (Fsp3) is 0.263. The Morgan fingerprint density at radius 1 is 1.27 bits per heavy atom. The summed E-state index contributed by atoms with van der Waals surface area (Å²) in [6, 6.07) is 13.5. The minimum Gasteiger partial charge on any atom is -0.483 e. The van der Waals surface area contributed by atoms with Crippen LogP contribution in [0.15, 0.2) is 51.4 Å². The fourth-order valence-corrected chi connectivity index (χ4v) is 4.46. The Morgan fingerprint density at radius 3 is 2.92 bits per heavy atom. The number of halogens is 2. The normalized spacial score (nSPS) is 17.0. The van der Waals surface area contributed by atoms with Crippen LogP contribution in [0.25, 0.3) is 11.0 Å². The first-order valence-corrected chi connectivity index (χ1v) is 10.0. The molecule has 0 radical (unpaired) electrons. The predicted octanol–water partition coefficient (Wildman–Crippen LogP) is 4.83. The molecule has 134 valence electrons. The Bertz CT molecular complexity index is 924. The van der Waals surface area contributed by atoms with Gasteiger partial charge in [0.2, 0.25) is 0 Å². The van der Waals surface area contributed by atoms with Gasteiger partial charge in [-0.3, -0.25) is 4.79 Å². The maximum absolute atomic E-state index is 12.7. The minimum atomic E-state index is -0.0252. The first-order chi connectivity index (χ1) is 12.6. The quantitative estimate of drug-likeness (QED) is 0.584. The highest BCUT2D eigenvalue weighted by molar-refractivity contribution is 9.11. The lowest BCUT2D eigenvalue weighted by atomic mass is 10.2. The summed E-state index contributed by atoms with van der Waals surface area (Å²) in [6.07, 6.45) is 1.88. The molecular weight excluding hydrogens is 462 g/mol. The summed E-state index contributed by atoms with van der Waals surface area (Å²) in [5.41, 5.74) is 1.92. The topological polar surface area (TPSA) is 58.2 Å². The van der Waals surface area contributed by atoms with Gasteiger partial charge in [0.15, 0.2) is 6.61 Å². The lowest BCUT2D eigenvalue weighted by Gasteiger charge is -2.23. The molecule has 0 aliphatic carbocycles. The standard InChI is InChI=1S/C19H17Br2N3O2/c20-12-7-8-17(13(21)10-12)26-11-18(25)24-9-3-6-16(24)19-22-14-4-1-2-5-15(14)23-19/h1-2,4-5,7-8,10,16H,3,6,9,11H2,(H,22,23)/t16-/m1/s1. The van der Waals surface area contributed by atoms with E-state index in [9.17, 15) is 4.79 Å². The number of carbonyl (C=O) groups excluding carboxylic acids is 1. The van der Waals surface area contributed by atoms with Crippen molar-refractivity contribution in [2.24, 2.45) is 0 Å². The molecule has 1 aromatic heterocycles. The number of amides is 1. The number of rotatable bonds is 4. The smallest absolute Gasteiger partial charge is 0.261 e. The van der Waals surface area contributed by atoms with Crippen LogP contribution < -0.4 is 4.74 Å². The van der Waals surface area contributed by atoms with Gasteiger partial charge in [-0.05, 0) is 59.1 Å². The lowest BCUT2D eigenvalue weighted by molar-refractivity contribution is -0.134. The first-order valence-electron chi connectivity index (χ1n) is 8.44. The van der Waals surface area contributed by atoms with Crippen LogP contribution >= 0.6 is 31.9 Å². The number of hydrogen-bond donors (Lipinski definition) is 1. The van der Waals surface area contributed by atoms with Gasteiger partial charge in [-0.15, -0.1) is 0 Å². The van der Waals surface area contributed by atoms with Crippen LogP contribution in [0.1, 0.15) is 24.7 Å². The summed E-state index contributed by atoms with van der Waals surface area (Å²) in [4.78, 5) is 22.6. The van der Waals surface area contributed by atoms with Crippen LogP contribution in [0.4, 0.5) is 0 Å². The van der Waals surface area contributed by atoms with Crippen molar-refractivity contribution >= 4 is 48.8 Å². The number of hydrogen-bond acceptors (Lipinski definition) is 3. The molecule has 1 fully saturated rings. The van der Waals surface area contributed by atoms with Crippen molar-refractivity contribution in [3.05, 3.63) is 57.2 Å². The Kier molecular flexibility index (Phi) is 5.00. The number of aromatic amines is 1. The second-order valence-electron chi connectivity index (χ2n) is 6.25. The number of likely N-dealkylation sites (tertiary alicyclic amines) is 1. The molecule has 2 aromatic carbocycles. The summed E-state index contributed by atoms with van der Waals surface area (Å²) in [6.45, 7) is 0.738. The SMILES string of the molecule is O=C(COc1ccc(Br)cc1Br)N1CCC[C@@H]1c1nc2ccccc2[nH]1. The number of carbonyl (C=O) groups is 1. The third kappa shape index (κ3) is 3.50. The van der Waals surface area contributed by atoms with Crippen LogP contribution in [-0.4, -0.2) is 33.9 Å². The zero-order valence-electron chi connectivity index (χ0n) is 13.9. The van der Waals surface area contributed by atoms with Gasteiger partial charge < -0.3 is 14.6 Å². The molecule has 4 rings (SSSR count). The van der Waals surface area contributed by atoms with E-state index in [1.807, 2.05) is 47.4 Å². The van der Waals surface area contributed by atoms with Crippen molar-refractivity contribution in [1.82, 2.24) is 14.9 Å². The molecule has 1 amide bonds. The van der Waals surface area contributed by atoms with Crippen molar-refractivity contribution in [1.29, 1.82) is 0 Å². The number of aromatic nitrogens is 2. The molecule has 0 bridgehead atoms. The summed E-state index contributed by atoms with van der Waals surface area (Å²) in [7, 11) is 0. The van der Waals surface area contributed by atoms with E-state index >= 15 is 0 Å². The fourth-order valence-electron chi connectivity index (χ4n) is 3.29. The Labute approximate surface area is 168 Å². The van der Waals surface area contributed by atoms with Crippen LogP contribution in [0.3, 0.4) is 0 Å². The van der Waals surface area contributed by atoms with E-state index in [2.05, 4.69) is 41.8 Å². The molecule has 5 nitrogen and oxygen atoms in total. The molecule has 0 saturated carbocycles. The van der Waals surface area contributed by atoms with Gasteiger partial charge in [-0.25, -0.2) is 4.98 Å². The summed E-state index contributed by atoms with van der Waals surface area (Å²) < 4.78 is 7.49. The molecule has 26 heavy (non-hydrogen) atoms. The number of nitrogens with zero attached hydrogens (tertiary/aromatic N) is 2. The molecule has 1 atom stereocenters. The maximum Gasteiger partial charge on any atom is 0.261 e. The molecule has 0 unspecified atom stereocenters. The monoisotopic (exact) mass is 477 g/mol. The van der Waals surface area contributed by atoms with Gasteiger partial charge >= 0.3 is 0 Å². The summed E-state index contributed by atoms with van der Waals surface area (Å²) in [5, 5.41) is 0. The molecular formula is C19H17Br2N3O2. The zero-order chi connectivity index (χ0) is 18.1. The Hall–Kier alpha value is -1.86. The number of para-hydroxylation sites is 2. The van der Waals surface area contributed by atoms with Gasteiger partial charge in [0.25, 0.3) is 5.91 Å². The average Bonchev–Trinajstić information content (AvgIpc) is 3.27. The van der Waals surface area contributed by atoms with E-state index in [0.717, 1.165) is 45.2 Å². The highest BCUT2D eigenvalue weighted by atomic mass is 79.9. The zero-order valence-corrected chi connectivity index (χ0v) is 17.1. The molecule has 2 heterocycles. The average molecular weight is 479 g/mol. The van der Waals surface area contributed by atoms with Gasteiger partial charge in [-0.1, -0.05) is 28.1 Å². The lowest BCUT2D eigenvalue weighted by Crippen LogP contribution is -2.34. The number of ether oxygens (including phenoxy) is 1. The minimum absolute atomic E-state index is 0.0109. The Balaban J connectivity index is 1.48. The van der Waals surface area contributed by atoms with E-state index in [4.69, 9.17) is 4.74 Å². The van der Waals surface area contributed by atoms with E-state index in [0.29, 0.717) is 5.75 Å². The van der Waals surface area contributed by atoms with Crippen LogP contribution in [-0.2, 0) is 4.79 Å². The van der Waals surface area contributed by atoms with Crippen molar-refractivity contribution < 1.29 is 9.53 Å². The van der Waals surface area contributed by atoms with Gasteiger partial charge in [-0.2, -0.15) is 0 Å². The van der Waals surface area contributed by atoms with Crippen molar-refractivity contribution in [2.75, 3.05) is 13.2 Å². The first kappa shape index (κ1) is 17.5. The van der Waals surface area contributed by atoms with Crippen LogP contribution in [0.5, 0.6) is 5.75 Å². The molecule has 0 spiro atoms. The van der Waals surface area contributed by atoms with Crippen LogP contribution in [0.2, 0.25) is 0 Å². The van der Waals surface area contributed by atoms with E-state index in [1.54, 1.807) is 0 Å². The highest BCUT2D eigenvalue weighted by Crippen LogP contribution is 2.32. The number of imidazole rings is 1. The van der Waals surface area contributed by atoms with E-state index in [1.165, 1.54) is 0 Å². The van der Waals surface area contributed by atoms with Crippen molar-refractivity contribution in [3.8, 4) is 5.75 Å². The van der Waals surface area contributed by atoms with Gasteiger partial charge in [0, 0.05) is 11.0 Å². The Morgan fingerprint density at radius 2 is 2.12 bits per heavy atom. The number of fused-ring (bicyclic) bond motifs is 1. The van der Waals surface area contributed by atoms with Gasteiger partial charge in [0.05, 0.1) is 21.5 Å². The third-order valence-electron chi connectivity index (χ3n) is 4.54. The second kappa shape index (κ2) is 7.40. The van der Waals surface area contributed by atoms with Crippen molar-refractivity contribution in [3.63, 3.8) is 0 Å². The number of benzene rings is 2. The van der Waals surface area contributed by atoms with Crippen LogP contribution in [0, 0.1) is 0 Å². The summed E-state index contributed by atoms with van der Waals surface area (Å²) >= 11 is 6.86. The van der Waals surface area contributed by atoms with Crippen molar-refractivity contribution in [2.45, 2.75) is 18.9 Å². The molecule has 1 saturated heterocycles. The molecule has 7 heteroatoms. The van der Waals surface area contributed by atoms with E-state index < -0.39 is 0 Å². The van der Waals surface area contributed by atoms with E-state index in [-0.39, 0.29) is 18.6 Å².